The summed E-state index contributed by atoms with van der Waals surface area (Å²) in [4.78, 5) is 40.6. The molecular formula is C19H21BrN6O3. The third-order valence-electron chi connectivity index (χ3n) is 4.25. The summed E-state index contributed by atoms with van der Waals surface area (Å²) < 4.78 is 2.55. The van der Waals surface area contributed by atoms with E-state index in [2.05, 4.69) is 30.9 Å². The van der Waals surface area contributed by atoms with E-state index >= 15 is 0 Å². The molecule has 0 saturated carbocycles. The predicted molar refractivity (Wildman–Crippen MR) is 114 cm³/mol. The number of aliphatic carboxylic acids is 1. The Morgan fingerprint density at radius 3 is 2.21 bits per heavy atom. The molecule has 0 amide bonds. The molecule has 152 valence electrons. The maximum absolute atomic E-state index is 12.7. The van der Waals surface area contributed by atoms with Crippen molar-refractivity contribution in [3.8, 4) is 5.95 Å². The van der Waals surface area contributed by atoms with Gasteiger partial charge in [0.05, 0.1) is 11.9 Å². The van der Waals surface area contributed by atoms with E-state index in [0.717, 1.165) is 9.99 Å². The largest absolute Gasteiger partial charge is 0.481 e. The minimum absolute atomic E-state index is 0.0793. The van der Waals surface area contributed by atoms with Crippen molar-refractivity contribution in [3.63, 3.8) is 0 Å². The summed E-state index contributed by atoms with van der Waals surface area (Å²) >= 11 is 3.44. The number of carboxylic acids is 1. The molecule has 0 unspecified atom stereocenters. The molecule has 3 rings (SSSR count). The highest BCUT2D eigenvalue weighted by molar-refractivity contribution is 9.10. The molecule has 0 aliphatic rings. The summed E-state index contributed by atoms with van der Waals surface area (Å²) in [7, 11) is 7.35. The number of nitrogens with zero attached hydrogens (tertiary/aromatic N) is 6. The molecule has 9 nitrogen and oxygen atoms in total. The Morgan fingerprint density at radius 2 is 1.66 bits per heavy atom. The molecule has 0 aliphatic heterocycles. The number of rotatable bonds is 7. The number of anilines is 2. The van der Waals surface area contributed by atoms with Gasteiger partial charge in [0.15, 0.2) is 5.78 Å². The van der Waals surface area contributed by atoms with E-state index in [4.69, 9.17) is 5.11 Å². The van der Waals surface area contributed by atoms with Crippen molar-refractivity contribution >= 4 is 50.5 Å². The predicted octanol–water partition coefficient (Wildman–Crippen LogP) is 2.76. The molecule has 29 heavy (non-hydrogen) atoms. The quantitative estimate of drug-likeness (QED) is 0.536. The van der Waals surface area contributed by atoms with Gasteiger partial charge in [0, 0.05) is 56.2 Å². The average Bonchev–Trinajstić information content (AvgIpc) is 3.04. The summed E-state index contributed by atoms with van der Waals surface area (Å²) in [5.74, 6) is 0.0841. The minimum atomic E-state index is -1.01. The second-order valence-electron chi connectivity index (χ2n) is 6.92. The van der Waals surface area contributed by atoms with Crippen LogP contribution in [0.1, 0.15) is 23.2 Å². The van der Waals surface area contributed by atoms with Gasteiger partial charge in [0.1, 0.15) is 0 Å². The number of carbonyl (C=O) groups is 2. The van der Waals surface area contributed by atoms with E-state index in [9.17, 15) is 9.59 Å². The zero-order chi connectivity index (χ0) is 21.3. The van der Waals surface area contributed by atoms with Crippen LogP contribution in [0.5, 0.6) is 0 Å². The van der Waals surface area contributed by atoms with E-state index in [0.29, 0.717) is 28.8 Å². The number of benzene rings is 1. The van der Waals surface area contributed by atoms with Crippen molar-refractivity contribution in [3.05, 3.63) is 34.4 Å². The van der Waals surface area contributed by atoms with E-state index < -0.39 is 5.97 Å². The summed E-state index contributed by atoms with van der Waals surface area (Å²) in [5.41, 5.74) is 1.17. The van der Waals surface area contributed by atoms with Gasteiger partial charge in [-0.1, -0.05) is 15.9 Å². The van der Waals surface area contributed by atoms with Gasteiger partial charge >= 0.3 is 5.97 Å². The van der Waals surface area contributed by atoms with Crippen LogP contribution in [0.3, 0.4) is 0 Å². The number of aromatic nitrogens is 4. The lowest BCUT2D eigenvalue weighted by atomic mass is 10.1. The summed E-state index contributed by atoms with van der Waals surface area (Å²) in [6.07, 6.45) is 1.36. The van der Waals surface area contributed by atoms with Crippen LogP contribution in [0.2, 0.25) is 0 Å². The zero-order valence-corrected chi connectivity index (χ0v) is 18.1. The van der Waals surface area contributed by atoms with Crippen LogP contribution in [-0.2, 0) is 4.79 Å². The van der Waals surface area contributed by atoms with Gasteiger partial charge in [-0.2, -0.15) is 15.0 Å². The van der Waals surface area contributed by atoms with Crippen LogP contribution in [0, 0.1) is 0 Å². The third-order valence-corrected chi connectivity index (χ3v) is 4.74. The molecule has 1 aromatic carbocycles. The minimum Gasteiger partial charge on any atom is -0.481 e. The van der Waals surface area contributed by atoms with Crippen LogP contribution in [0.4, 0.5) is 11.9 Å². The van der Waals surface area contributed by atoms with Gasteiger partial charge in [-0.25, -0.2) is 0 Å². The maximum Gasteiger partial charge on any atom is 0.303 e. The number of hydrogen-bond acceptors (Lipinski definition) is 7. The average molecular weight is 461 g/mol. The SMILES string of the molecule is CN(C)c1nc(N(C)C)nc(-n2cc(C(=O)CCC(=O)O)c3cc(Br)ccc32)n1. The zero-order valence-electron chi connectivity index (χ0n) is 16.5. The van der Waals surface area contributed by atoms with E-state index in [-0.39, 0.29) is 18.6 Å². The first-order chi connectivity index (χ1) is 13.7. The topological polar surface area (TPSA) is 104 Å². The molecular weight excluding hydrogens is 440 g/mol. The van der Waals surface area contributed by atoms with Crippen LogP contribution in [-0.4, -0.2) is 64.6 Å². The first kappa shape index (κ1) is 20.7. The molecule has 2 aromatic heterocycles. The molecule has 0 fully saturated rings. The second-order valence-corrected chi connectivity index (χ2v) is 7.83. The number of ketones is 1. The van der Waals surface area contributed by atoms with E-state index in [1.54, 1.807) is 20.6 Å². The Morgan fingerprint density at radius 1 is 1.03 bits per heavy atom. The Bertz CT molecular complexity index is 1070. The highest BCUT2D eigenvalue weighted by Crippen LogP contribution is 2.29. The van der Waals surface area contributed by atoms with Crippen molar-refractivity contribution in [2.75, 3.05) is 38.0 Å². The standard InChI is InChI=1S/C19H21BrN6O3/c1-24(2)17-21-18(25(3)4)23-19(22-17)26-10-13(15(27)7-8-16(28)29)12-9-11(20)5-6-14(12)26/h5-6,9-10H,7-8H2,1-4H3,(H,28,29). The van der Waals surface area contributed by atoms with E-state index in [1.165, 1.54) is 0 Å². The number of carboxylic acid groups (broad SMARTS) is 1. The lowest BCUT2D eigenvalue weighted by Crippen LogP contribution is -2.20. The van der Waals surface area contributed by atoms with Crippen molar-refractivity contribution in [1.82, 2.24) is 19.5 Å². The molecule has 0 aliphatic carbocycles. The van der Waals surface area contributed by atoms with Crippen molar-refractivity contribution < 1.29 is 14.7 Å². The molecule has 0 bridgehead atoms. The van der Waals surface area contributed by atoms with Crippen LogP contribution in [0.25, 0.3) is 16.9 Å². The van der Waals surface area contributed by atoms with Crippen LogP contribution >= 0.6 is 15.9 Å². The van der Waals surface area contributed by atoms with Gasteiger partial charge in [-0.15, -0.1) is 0 Å². The van der Waals surface area contributed by atoms with Crippen molar-refractivity contribution in [2.45, 2.75) is 12.8 Å². The Labute approximate surface area is 176 Å². The van der Waals surface area contributed by atoms with E-state index in [1.807, 2.05) is 46.4 Å². The lowest BCUT2D eigenvalue weighted by molar-refractivity contribution is -0.136. The van der Waals surface area contributed by atoms with Crippen molar-refractivity contribution in [2.24, 2.45) is 0 Å². The van der Waals surface area contributed by atoms with Gasteiger partial charge in [-0.3, -0.25) is 14.2 Å². The molecule has 1 N–H and O–H groups in total. The smallest absolute Gasteiger partial charge is 0.303 e. The molecule has 0 saturated heterocycles. The van der Waals surface area contributed by atoms with Gasteiger partial charge in [0.25, 0.3) is 0 Å². The monoisotopic (exact) mass is 460 g/mol. The number of fused-ring (bicyclic) bond motifs is 1. The Kier molecular flexibility index (Phi) is 5.83. The summed E-state index contributed by atoms with van der Waals surface area (Å²) in [6.45, 7) is 0. The molecule has 0 radical (unpaired) electrons. The molecule has 10 heteroatoms. The first-order valence-electron chi connectivity index (χ1n) is 8.84. The van der Waals surface area contributed by atoms with Gasteiger partial charge in [0.2, 0.25) is 17.8 Å². The normalized spacial score (nSPS) is 10.9. The Hall–Kier alpha value is -3.01. The molecule has 0 atom stereocenters. The maximum atomic E-state index is 12.7. The van der Waals surface area contributed by atoms with Crippen LogP contribution in [0.15, 0.2) is 28.9 Å². The van der Waals surface area contributed by atoms with Gasteiger partial charge in [-0.05, 0) is 18.2 Å². The fraction of sp³-hybridized carbons (Fsp3) is 0.316. The summed E-state index contributed by atoms with van der Waals surface area (Å²) in [5, 5.41) is 9.62. The fourth-order valence-electron chi connectivity index (χ4n) is 2.80. The van der Waals surface area contributed by atoms with Crippen LogP contribution < -0.4 is 9.80 Å². The first-order valence-corrected chi connectivity index (χ1v) is 9.63. The second kappa shape index (κ2) is 8.16. The molecule has 2 heterocycles. The van der Waals surface area contributed by atoms with Gasteiger partial charge < -0.3 is 14.9 Å². The Balaban J connectivity index is 2.20. The fourth-order valence-corrected chi connectivity index (χ4v) is 3.16. The number of Topliss-reactive ketones (excluding diaryl/α,β-unsaturated/α-hetero) is 1. The highest BCUT2D eigenvalue weighted by Gasteiger charge is 2.20. The number of carbonyl (C=O) groups excluding carboxylic acids is 1. The lowest BCUT2D eigenvalue weighted by Gasteiger charge is -2.16. The number of halogens is 1. The highest BCUT2D eigenvalue weighted by atomic mass is 79.9. The third kappa shape index (κ3) is 4.37. The molecule has 0 spiro atoms. The van der Waals surface area contributed by atoms with Crippen molar-refractivity contribution in [1.29, 1.82) is 0 Å². The number of hydrogen-bond donors (Lipinski definition) is 1. The molecule has 3 aromatic rings. The summed E-state index contributed by atoms with van der Waals surface area (Å²) in [6, 6.07) is 5.56.